The van der Waals surface area contributed by atoms with E-state index in [1.54, 1.807) is 11.3 Å². The first-order valence-electron chi connectivity index (χ1n) is 6.11. The zero-order valence-corrected chi connectivity index (χ0v) is 12.5. The van der Waals surface area contributed by atoms with Crippen molar-refractivity contribution in [2.45, 2.75) is 39.8 Å². The molecule has 2 aromatic rings. The van der Waals surface area contributed by atoms with Gasteiger partial charge in [0.2, 0.25) is 0 Å². The monoisotopic (exact) mass is 267 g/mol. The van der Waals surface area contributed by atoms with Gasteiger partial charge in [-0.15, -0.1) is 11.3 Å². The van der Waals surface area contributed by atoms with Gasteiger partial charge in [0.1, 0.15) is 0 Å². The average molecular weight is 267 g/mol. The summed E-state index contributed by atoms with van der Waals surface area (Å²) < 4.78 is 2.16. The molecular weight excluding hydrogens is 246 g/mol. The molecule has 0 bridgehead atoms. The summed E-state index contributed by atoms with van der Waals surface area (Å²) in [6.45, 7) is 9.24. The van der Waals surface area contributed by atoms with Gasteiger partial charge in [0.05, 0.1) is 17.0 Å². The van der Waals surface area contributed by atoms with Gasteiger partial charge in [-0.2, -0.15) is 0 Å². The van der Waals surface area contributed by atoms with Gasteiger partial charge >= 0.3 is 0 Å². The number of aromatic nitrogens is 2. The number of imidazole rings is 1. The Balaban J connectivity index is 2.22. The molecule has 2 rings (SSSR count). The molecular formula is C13H21N3OS. The normalized spacial score (nSPS) is 12.8. The number of aryl methyl sites for hydroxylation is 2. The number of hydrogen-bond donors (Lipinski definition) is 1. The lowest BCUT2D eigenvalue weighted by molar-refractivity contribution is 0.0420. The van der Waals surface area contributed by atoms with Crippen molar-refractivity contribution in [3.63, 3.8) is 0 Å². The number of aliphatic hydroxyl groups is 1. The first kappa shape index (κ1) is 13.5. The molecule has 0 unspecified atom stereocenters. The molecule has 0 fully saturated rings. The van der Waals surface area contributed by atoms with Gasteiger partial charge in [-0.05, 0) is 34.7 Å². The molecule has 0 radical (unpaired) electrons. The van der Waals surface area contributed by atoms with Crippen LogP contribution in [0.15, 0.2) is 6.20 Å². The lowest BCUT2D eigenvalue weighted by Gasteiger charge is -2.25. The third-order valence-corrected chi connectivity index (χ3v) is 3.72. The quantitative estimate of drug-likeness (QED) is 0.923. The highest BCUT2D eigenvalue weighted by atomic mass is 32.1. The van der Waals surface area contributed by atoms with Crippen LogP contribution in [-0.4, -0.2) is 38.6 Å². The van der Waals surface area contributed by atoms with E-state index in [-0.39, 0.29) is 0 Å². The molecule has 5 heteroatoms. The van der Waals surface area contributed by atoms with Crippen LogP contribution in [0.4, 0.5) is 0 Å². The Bertz CT molecular complexity index is 550. The molecule has 0 atom stereocenters. The fourth-order valence-electron chi connectivity index (χ4n) is 2.27. The van der Waals surface area contributed by atoms with Crippen LogP contribution < -0.4 is 0 Å². The SMILES string of the molecule is Cc1cn2c(CN(C)CC(C)(C)O)c(C)nc2s1. The molecule has 0 aromatic carbocycles. The number of hydrogen-bond acceptors (Lipinski definition) is 4. The molecule has 0 saturated carbocycles. The molecule has 18 heavy (non-hydrogen) atoms. The fraction of sp³-hybridized carbons (Fsp3) is 0.615. The molecule has 0 aliphatic rings. The zero-order valence-electron chi connectivity index (χ0n) is 11.7. The Kier molecular flexibility index (Phi) is 3.49. The van der Waals surface area contributed by atoms with E-state index >= 15 is 0 Å². The van der Waals surface area contributed by atoms with Crippen molar-refractivity contribution < 1.29 is 5.11 Å². The minimum atomic E-state index is -0.670. The molecule has 2 aromatic heterocycles. The highest BCUT2D eigenvalue weighted by Gasteiger charge is 2.18. The van der Waals surface area contributed by atoms with Crippen molar-refractivity contribution in [1.29, 1.82) is 0 Å². The van der Waals surface area contributed by atoms with Crippen molar-refractivity contribution in [1.82, 2.24) is 14.3 Å². The predicted octanol–water partition coefficient (Wildman–Crippen LogP) is 2.22. The summed E-state index contributed by atoms with van der Waals surface area (Å²) >= 11 is 1.71. The second-order valence-electron chi connectivity index (χ2n) is 5.62. The van der Waals surface area contributed by atoms with E-state index in [0.717, 1.165) is 17.2 Å². The van der Waals surface area contributed by atoms with Crippen LogP contribution in [-0.2, 0) is 6.54 Å². The van der Waals surface area contributed by atoms with Crippen LogP contribution >= 0.6 is 11.3 Å². The Hall–Kier alpha value is -0.910. The highest BCUT2D eigenvalue weighted by Crippen LogP contribution is 2.21. The van der Waals surface area contributed by atoms with E-state index < -0.39 is 5.60 Å². The topological polar surface area (TPSA) is 40.8 Å². The van der Waals surface area contributed by atoms with Crippen LogP contribution in [0.2, 0.25) is 0 Å². The molecule has 0 spiro atoms. The van der Waals surface area contributed by atoms with Gasteiger partial charge in [0, 0.05) is 24.2 Å². The summed E-state index contributed by atoms with van der Waals surface area (Å²) in [5, 5.41) is 9.84. The van der Waals surface area contributed by atoms with Crippen LogP contribution in [0.5, 0.6) is 0 Å². The van der Waals surface area contributed by atoms with Crippen molar-refractivity contribution in [3.8, 4) is 0 Å². The summed E-state index contributed by atoms with van der Waals surface area (Å²) in [5.41, 5.74) is 1.61. The van der Waals surface area contributed by atoms with E-state index in [2.05, 4.69) is 27.4 Å². The number of thiazole rings is 1. The standard InChI is InChI=1S/C13H21N3OS/c1-9-6-16-11(10(2)14-12(16)18-9)7-15(5)8-13(3,4)17/h6,17H,7-8H2,1-5H3. The summed E-state index contributed by atoms with van der Waals surface area (Å²) in [6, 6.07) is 0. The third-order valence-electron chi connectivity index (χ3n) is 2.82. The van der Waals surface area contributed by atoms with Gasteiger partial charge in [0.15, 0.2) is 4.96 Å². The van der Waals surface area contributed by atoms with Crippen LogP contribution in [0.3, 0.4) is 0 Å². The Morgan fingerprint density at radius 2 is 2.11 bits per heavy atom. The maximum atomic E-state index is 9.84. The number of rotatable bonds is 4. The van der Waals surface area contributed by atoms with E-state index in [4.69, 9.17) is 0 Å². The first-order valence-corrected chi connectivity index (χ1v) is 6.93. The molecule has 0 aliphatic heterocycles. The summed E-state index contributed by atoms with van der Waals surface area (Å²) in [7, 11) is 2.02. The third kappa shape index (κ3) is 2.91. The second kappa shape index (κ2) is 4.64. The van der Waals surface area contributed by atoms with Crippen LogP contribution in [0.25, 0.3) is 4.96 Å². The lowest BCUT2D eigenvalue weighted by Crippen LogP contribution is -2.36. The maximum absolute atomic E-state index is 9.84. The molecule has 0 amide bonds. The number of fused-ring (bicyclic) bond motifs is 1. The molecule has 0 saturated heterocycles. The molecule has 2 heterocycles. The smallest absolute Gasteiger partial charge is 0.194 e. The largest absolute Gasteiger partial charge is 0.389 e. The van der Waals surface area contributed by atoms with Crippen LogP contribution in [0.1, 0.15) is 30.1 Å². The maximum Gasteiger partial charge on any atom is 0.194 e. The Morgan fingerprint density at radius 1 is 1.44 bits per heavy atom. The molecule has 4 nitrogen and oxygen atoms in total. The lowest BCUT2D eigenvalue weighted by atomic mass is 10.1. The van der Waals surface area contributed by atoms with E-state index in [1.807, 2.05) is 27.8 Å². The van der Waals surface area contributed by atoms with Crippen LogP contribution in [0, 0.1) is 13.8 Å². The fourth-order valence-corrected chi connectivity index (χ4v) is 3.16. The first-order chi connectivity index (χ1) is 8.26. The Morgan fingerprint density at radius 3 is 2.72 bits per heavy atom. The van der Waals surface area contributed by atoms with E-state index in [9.17, 15) is 5.11 Å². The summed E-state index contributed by atoms with van der Waals surface area (Å²) in [5.74, 6) is 0. The van der Waals surface area contributed by atoms with E-state index in [1.165, 1.54) is 10.6 Å². The summed E-state index contributed by atoms with van der Waals surface area (Å²) in [4.78, 5) is 9.02. The summed E-state index contributed by atoms with van der Waals surface area (Å²) in [6.07, 6.45) is 2.13. The highest BCUT2D eigenvalue weighted by molar-refractivity contribution is 7.17. The second-order valence-corrected chi connectivity index (χ2v) is 6.84. The van der Waals surface area contributed by atoms with Gasteiger partial charge in [-0.25, -0.2) is 4.98 Å². The van der Waals surface area contributed by atoms with Gasteiger partial charge in [-0.3, -0.25) is 9.30 Å². The van der Waals surface area contributed by atoms with Crippen molar-refractivity contribution in [2.24, 2.45) is 0 Å². The van der Waals surface area contributed by atoms with Gasteiger partial charge in [0.25, 0.3) is 0 Å². The molecule has 100 valence electrons. The average Bonchev–Trinajstić information content (AvgIpc) is 2.63. The predicted molar refractivity (Wildman–Crippen MR) is 75.2 cm³/mol. The van der Waals surface area contributed by atoms with E-state index in [0.29, 0.717) is 6.54 Å². The zero-order chi connectivity index (χ0) is 13.5. The minimum Gasteiger partial charge on any atom is -0.389 e. The number of nitrogens with zero attached hydrogens (tertiary/aromatic N) is 3. The van der Waals surface area contributed by atoms with Gasteiger partial charge < -0.3 is 5.11 Å². The molecule has 0 aliphatic carbocycles. The van der Waals surface area contributed by atoms with Crippen molar-refractivity contribution in [2.75, 3.05) is 13.6 Å². The minimum absolute atomic E-state index is 0.642. The van der Waals surface area contributed by atoms with Crippen molar-refractivity contribution in [3.05, 3.63) is 22.5 Å². The Labute approximate surface area is 112 Å². The van der Waals surface area contributed by atoms with Crippen molar-refractivity contribution >= 4 is 16.3 Å². The number of likely N-dealkylation sites (N-methyl/N-ethyl adjacent to an activating group) is 1. The molecule has 1 N–H and O–H groups in total. The van der Waals surface area contributed by atoms with Gasteiger partial charge in [-0.1, -0.05) is 0 Å².